The molecule has 7 rings (SSSR count). The average molecular weight is 792 g/mol. The number of nitrogens with zero attached hydrogens (tertiary/aromatic N) is 3. The molecule has 12 heteroatoms. The molecule has 11 nitrogen and oxygen atoms in total. The SMILES string of the molecule is COc1ccc(C(OC[C@@]23CO[C@@H]([C@H](c4cnc(-c5ccccc5)o4)O2)[C@@H]3OP(OCCC#N)N(C(C)C)C(C)C)(c2ccccc2)c2ccc(OC)cc2)cc1. The maximum atomic E-state index is 9.42. The average Bonchev–Trinajstić information content (AvgIpc) is 3.95. The van der Waals surface area contributed by atoms with Crippen molar-refractivity contribution in [1.82, 2.24) is 9.65 Å². The monoisotopic (exact) mass is 791 g/mol. The van der Waals surface area contributed by atoms with Gasteiger partial charge in [0.1, 0.15) is 41.0 Å². The van der Waals surface area contributed by atoms with E-state index < -0.39 is 38.0 Å². The first-order chi connectivity index (χ1) is 27.7. The zero-order chi connectivity index (χ0) is 40.0. The quantitative estimate of drug-likeness (QED) is 0.0480. The Balaban J connectivity index is 1.33. The highest BCUT2D eigenvalue weighted by molar-refractivity contribution is 7.44. The zero-order valence-corrected chi connectivity index (χ0v) is 34.1. The molecule has 2 aliphatic heterocycles. The molecule has 0 saturated carbocycles. The van der Waals surface area contributed by atoms with Crippen LogP contribution in [-0.2, 0) is 28.9 Å². The summed E-state index contributed by atoms with van der Waals surface area (Å²) in [4.78, 5) is 4.63. The third-order valence-corrected chi connectivity index (χ3v) is 12.5. The molecule has 0 amide bonds. The fourth-order valence-electron chi connectivity index (χ4n) is 7.74. The number of methoxy groups -OCH3 is 2. The minimum absolute atomic E-state index is 0.0576. The van der Waals surface area contributed by atoms with E-state index >= 15 is 0 Å². The number of benzene rings is 4. The lowest BCUT2D eigenvalue weighted by Crippen LogP contribution is -2.49. The number of hydrogen-bond donors (Lipinski definition) is 0. The van der Waals surface area contributed by atoms with Crippen LogP contribution in [0.5, 0.6) is 11.5 Å². The maximum absolute atomic E-state index is 9.42. The van der Waals surface area contributed by atoms with E-state index in [0.717, 1.165) is 33.8 Å². The molecule has 2 bridgehead atoms. The van der Waals surface area contributed by atoms with Crippen molar-refractivity contribution in [1.29, 1.82) is 5.26 Å². The number of aromatic nitrogens is 1. The molecule has 0 aliphatic carbocycles. The van der Waals surface area contributed by atoms with Crippen molar-refractivity contribution >= 4 is 8.53 Å². The van der Waals surface area contributed by atoms with Crippen LogP contribution in [0, 0.1) is 11.3 Å². The van der Waals surface area contributed by atoms with Crippen molar-refractivity contribution in [3.8, 4) is 29.0 Å². The predicted molar refractivity (Wildman–Crippen MR) is 217 cm³/mol. The lowest BCUT2D eigenvalue weighted by atomic mass is 9.79. The van der Waals surface area contributed by atoms with Gasteiger partial charge in [-0.05, 0) is 80.8 Å². The van der Waals surface area contributed by atoms with Crippen LogP contribution in [0.25, 0.3) is 11.5 Å². The third-order valence-electron chi connectivity index (χ3n) is 10.4. The van der Waals surface area contributed by atoms with Gasteiger partial charge in [-0.2, -0.15) is 5.26 Å². The Morgan fingerprint density at radius 3 is 1.98 bits per heavy atom. The second kappa shape index (κ2) is 17.9. The van der Waals surface area contributed by atoms with Crippen molar-refractivity contribution < 1.29 is 37.1 Å². The molecular formula is C45H50N3O8P. The van der Waals surface area contributed by atoms with Crippen LogP contribution in [0.1, 0.15) is 62.7 Å². The number of oxazole rings is 1. The lowest BCUT2D eigenvalue weighted by molar-refractivity contribution is -0.187. The molecule has 2 fully saturated rings. The summed E-state index contributed by atoms with van der Waals surface area (Å²) in [5.41, 5.74) is 1.29. The molecule has 57 heavy (non-hydrogen) atoms. The number of ether oxygens (including phenoxy) is 5. The van der Waals surface area contributed by atoms with E-state index in [4.69, 9.17) is 37.1 Å². The van der Waals surface area contributed by atoms with Crippen molar-refractivity contribution in [3.05, 3.63) is 138 Å². The first-order valence-electron chi connectivity index (χ1n) is 19.3. The number of nitriles is 1. The van der Waals surface area contributed by atoms with Crippen LogP contribution in [0.3, 0.4) is 0 Å². The van der Waals surface area contributed by atoms with Crippen LogP contribution in [-0.4, -0.2) is 73.6 Å². The first-order valence-corrected chi connectivity index (χ1v) is 20.4. The fraction of sp³-hybridized carbons (Fsp3) is 0.378. The number of rotatable bonds is 18. The molecule has 298 valence electrons. The molecule has 0 spiro atoms. The highest BCUT2D eigenvalue weighted by Crippen LogP contribution is 2.57. The van der Waals surface area contributed by atoms with Gasteiger partial charge >= 0.3 is 0 Å². The van der Waals surface area contributed by atoms with Crippen LogP contribution >= 0.6 is 8.53 Å². The fourth-order valence-corrected chi connectivity index (χ4v) is 9.55. The molecule has 4 aromatic carbocycles. The minimum Gasteiger partial charge on any atom is -0.497 e. The summed E-state index contributed by atoms with van der Waals surface area (Å²) in [6, 6.07) is 38.1. The van der Waals surface area contributed by atoms with Crippen molar-refractivity contribution in [2.45, 2.75) is 75.7 Å². The summed E-state index contributed by atoms with van der Waals surface area (Å²) in [5, 5.41) is 9.42. The Kier molecular flexibility index (Phi) is 12.7. The normalized spacial score (nSPS) is 20.9. The lowest BCUT2D eigenvalue weighted by Gasteiger charge is -2.41. The Labute approximate surface area is 336 Å². The van der Waals surface area contributed by atoms with Gasteiger partial charge in [0.2, 0.25) is 5.89 Å². The van der Waals surface area contributed by atoms with E-state index in [-0.39, 0.29) is 38.3 Å². The zero-order valence-electron chi connectivity index (χ0n) is 33.2. The predicted octanol–water partition coefficient (Wildman–Crippen LogP) is 9.24. The second-order valence-corrected chi connectivity index (χ2v) is 16.1. The Morgan fingerprint density at radius 2 is 1.42 bits per heavy atom. The molecule has 0 radical (unpaired) electrons. The molecule has 1 aromatic heterocycles. The number of fused-ring (bicyclic) bond motifs is 2. The van der Waals surface area contributed by atoms with Gasteiger partial charge < -0.3 is 37.1 Å². The van der Waals surface area contributed by atoms with E-state index in [1.165, 1.54) is 0 Å². The van der Waals surface area contributed by atoms with Crippen LogP contribution in [0.2, 0.25) is 0 Å². The molecule has 5 aromatic rings. The van der Waals surface area contributed by atoms with Gasteiger partial charge in [-0.1, -0.05) is 72.8 Å². The summed E-state index contributed by atoms with van der Waals surface area (Å²) in [6.07, 6.45) is 0.0402. The first kappa shape index (κ1) is 40.6. The summed E-state index contributed by atoms with van der Waals surface area (Å²) in [5.74, 6) is 2.45. The molecule has 1 unspecified atom stereocenters. The Morgan fingerprint density at radius 1 is 0.842 bits per heavy atom. The van der Waals surface area contributed by atoms with E-state index in [0.29, 0.717) is 11.7 Å². The van der Waals surface area contributed by atoms with Crippen LogP contribution < -0.4 is 9.47 Å². The summed E-state index contributed by atoms with van der Waals surface area (Å²) < 4.78 is 54.6. The minimum atomic E-state index is -1.68. The van der Waals surface area contributed by atoms with Crippen molar-refractivity contribution in [2.24, 2.45) is 0 Å². The van der Waals surface area contributed by atoms with Gasteiger partial charge in [-0.25, -0.2) is 9.65 Å². The van der Waals surface area contributed by atoms with Gasteiger partial charge in [0.15, 0.2) is 5.76 Å². The molecule has 0 N–H and O–H groups in total. The largest absolute Gasteiger partial charge is 0.497 e. The molecule has 5 atom stereocenters. The van der Waals surface area contributed by atoms with Crippen LogP contribution in [0.15, 0.2) is 120 Å². The molecule has 3 heterocycles. The third kappa shape index (κ3) is 8.23. The van der Waals surface area contributed by atoms with Gasteiger partial charge in [0.25, 0.3) is 8.53 Å². The topological polar surface area (TPSA) is 118 Å². The highest BCUT2D eigenvalue weighted by Gasteiger charge is 2.65. The maximum Gasteiger partial charge on any atom is 0.259 e. The smallest absolute Gasteiger partial charge is 0.259 e. The number of hydrogen-bond acceptors (Lipinski definition) is 11. The van der Waals surface area contributed by atoms with E-state index in [1.807, 2.05) is 97.1 Å². The van der Waals surface area contributed by atoms with Gasteiger partial charge in [-0.3, -0.25) is 0 Å². The van der Waals surface area contributed by atoms with Gasteiger partial charge in [0.05, 0.1) is 52.7 Å². The van der Waals surface area contributed by atoms with E-state index in [9.17, 15) is 5.26 Å². The van der Waals surface area contributed by atoms with E-state index in [1.54, 1.807) is 20.4 Å². The molecule has 2 aliphatic rings. The standard InChI is InChI=1S/C45H50N3O8P/c1-31(2)48(32(3)4)57(53-27-13-26-46)56-42-41-40(39-28-47-43(54-39)33-14-9-7-10-15-33)55-44(42,29-51-41)30-52-45(34-16-11-8-12-17-34,35-18-22-37(49-5)23-19-35)36-20-24-38(50-6)25-21-36/h7-12,14-25,28,31-32,40-42H,13,27,29-30H2,1-6H3/t40-,41-,42-,44+,57?/m0/s1. The molecule has 2 saturated heterocycles. The molecular weight excluding hydrogens is 741 g/mol. The highest BCUT2D eigenvalue weighted by atomic mass is 31.2. The summed E-state index contributed by atoms with van der Waals surface area (Å²) >= 11 is 0. The second-order valence-electron chi connectivity index (χ2n) is 14.7. The van der Waals surface area contributed by atoms with Crippen molar-refractivity contribution in [3.63, 3.8) is 0 Å². The Hall–Kier alpha value is -4.63. The van der Waals surface area contributed by atoms with Crippen molar-refractivity contribution in [2.75, 3.05) is 34.0 Å². The Bertz CT molecular complexity index is 2020. The van der Waals surface area contributed by atoms with Crippen LogP contribution in [0.4, 0.5) is 0 Å². The van der Waals surface area contributed by atoms with Gasteiger partial charge in [-0.15, -0.1) is 0 Å². The van der Waals surface area contributed by atoms with E-state index in [2.05, 4.69) is 55.6 Å². The summed E-state index contributed by atoms with van der Waals surface area (Å²) in [7, 11) is 1.62. The summed E-state index contributed by atoms with van der Waals surface area (Å²) in [6.45, 7) is 8.92. The van der Waals surface area contributed by atoms with Gasteiger partial charge in [0, 0.05) is 17.6 Å².